The van der Waals surface area contributed by atoms with Gasteiger partial charge in [-0.2, -0.15) is 0 Å². The molecule has 2 aromatic rings. The SMILES string of the molecule is CCOC(=O)c1ccnc(NC(=O)CCOc2ccccc2)c1. The van der Waals surface area contributed by atoms with Gasteiger partial charge >= 0.3 is 5.97 Å². The van der Waals surface area contributed by atoms with Crippen LogP contribution in [0.5, 0.6) is 5.75 Å². The number of carbonyl (C=O) groups is 2. The number of benzene rings is 1. The second-order valence-electron chi connectivity index (χ2n) is 4.61. The summed E-state index contributed by atoms with van der Waals surface area (Å²) in [7, 11) is 0. The molecule has 6 heteroatoms. The van der Waals surface area contributed by atoms with Crippen LogP contribution >= 0.6 is 0 Å². The van der Waals surface area contributed by atoms with Gasteiger partial charge in [-0.3, -0.25) is 4.79 Å². The number of aromatic nitrogens is 1. The Hall–Kier alpha value is -2.89. The topological polar surface area (TPSA) is 77.5 Å². The number of hydrogen-bond donors (Lipinski definition) is 1. The van der Waals surface area contributed by atoms with Gasteiger partial charge in [0.1, 0.15) is 11.6 Å². The maximum Gasteiger partial charge on any atom is 0.338 e. The zero-order chi connectivity index (χ0) is 16.5. The zero-order valence-electron chi connectivity index (χ0n) is 12.8. The molecule has 1 N–H and O–H groups in total. The van der Waals surface area contributed by atoms with Crippen LogP contribution in [0.25, 0.3) is 0 Å². The Kier molecular flexibility index (Phi) is 6.11. The lowest BCUT2D eigenvalue weighted by Gasteiger charge is -2.07. The molecule has 6 nitrogen and oxygen atoms in total. The molecule has 23 heavy (non-hydrogen) atoms. The van der Waals surface area contributed by atoms with Crippen LogP contribution in [0.2, 0.25) is 0 Å². The summed E-state index contributed by atoms with van der Waals surface area (Å²) in [6.07, 6.45) is 1.63. The number of para-hydroxylation sites is 1. The molecule has 0 saturated carbocycles. The Morgan fingerprint density at radius 2 is 1.96 bits per heavy atom. The molecule has 0 radical (unpaired) electrons. The Labute approximate surface area is 134 Å². The van der Waals surface area contributed by atoms with Gasteiger partial charge in [0.25, 0.3) is 0 Å². The Morgan fingerprint density at radius 1 is 1.17 bits per heavy atom. The Morgan fingerprint density at radius 3 is 2.70 bits per heavy atom. The zero-order valence-corrected chi connectivity index (χ0v) is 12.8. The fourth-order valence-electron chi connectivity index (χ4n) is 1.82. The second kappa shape index (κ2) is 8.53. The van der Waals surface area contributed by atoms with E-state index in [9.17, 15) is 9.59 Å². The second-order valence-corrected chi connectivity index (χ2v) is 4.61. The highest BCUT2D eigenvalue weighted by atomic mass is 16.5. The molecule has 0 atom stereocenters. The molecule has 1 aromatic heterocycles. The van der Waals surface area contributed by atoms with E-state index in [1.807, 2.05) is 30.3 Å². The van der Waals surface area contributed by atoms with Crippen molar-refractivity contribution in [3.8, 4) is 5.75 Å². The third-order valence-electron chi connectivity index (χ3n) is 2.88. The van der Waals surface area contributed by atoms with Gasteiger partial charge in [-0.05, 0) is 31.2 Å². The van der Waals surface area contributed by atoms with Gasteiger partial charge in [0.05, 0.1) is 25.2 Å². The third kappa shape index (κ3) is 5.43. The van der Waals surface area contributed by atoms with Gasteiger partial charge in [0.15, 0.2) is 0 Å². The number of nitrogens with one attached hydrogen (secondary N) is 1. The summed E-state index contributed by atoms with van der Waals surface area (Å²) in [4.78, 5) is 27.5. The third-order valence-corrected chi connectivity index (χ3v) is 2.88. The molecular weight excluding hydrogens is 296 g/mol. The summed E-state index contributed by atoms with van der Waals surface area (Å²) in [6.45, 7) is 2.28. The first-order valence-electron chi connectivity index (χ1n) is 7.30. The quantitative estimate of drug-likeness (QED) is 0.795. The number of anilines is 1. The highest BCUT2D eigenvalue weighted by Gasteiger charge is 2.09. The van der Waals surface area contributed by atoms with Crippen LogP contribution in [0.15, 0.2) is 48.7 Å². The fourth-order valence-corrected chi connectivity index (χ4v) is 1.82. The summed E-state index contributed by atoms with van der Waals surface area (Å²) in [5.74, 6) is 0.329. The largest absolute Gasteiger partial charge is 0.493 e. The number of rotatable bonds is 7. The first kappa shape index (κ1) is 16.5. The van der Waals surface area contributed by atoms with E-state index in [1.54, 1.807) is 6.92 Å². The van der Waals surface area contributed by atoms with Crippen molar-refractivity contribution < 1.29 is 19.1 Å². The van der Waals surface area contributed by atoms with E-state index in [0.29, 0.717) is 23.7 Å². The molecule has 0 fully saturated rings. The van der Waals surface area contributed by atoms with E-state index in [2.05, 4.69) is 10.3 Å². The van der Waals surface area contributed by atoms with Crippen LogP contribution in [0.3, 0.4) is 0 Å². The van der Waals surface area contributed by atoms with Crippen molar-refractivity contribution in [3.05, 3.63) is 54.2 Å². The van der Waals surface area contributed by atoms with Crippen molar-refractivity contribution in [1.82, 2.24) is 4.98 Å². The molecule has 1 aromatic carbocycles. The summed E-state index contributed by atoms with van der Waals surface area (Å²) >= 11 is 0. The maximum atomic E-state index is 11.9. The molecule has 0 spiro atoms. The average molecular weight is 314 g/mol. The summed E-state index contributed by atoms with van der Waals surface area (Å²) in [6, 6.07) is 12.3. The standard InChI is InChI=1S/C17H18N2O4/c1-2-22-17(21)13-8-10-18-15(12-13)19-16(20)9-11-23-14-6-4-3-5-7-14/h3-8,10,12H,2,9,11H2,1H3,(H,18,19,20). The highest BCUT2D eigenvalue weighted by Crippen LogP contribution is 2.10. The lowest BCUT2D eigenvalue weighted by Crippen LogP contribution is -2.16. The lowest BCUT2D eigenvalue weighted by molar-refractivity contribution is -0.116. The van der Waals surface area contributed by atoms with Gasteiger partial charge < -0.3 is 14.8 Å². The monoisotopic (exact) mass is 314 g/mol. The normalized spacial score (nSPS) is 9.96. The summed E-state index contributed by atoms with van der Waals surface area (Å²) in [5.41, 5.74) is 0.345. The minimum atomic E-state index is -0.446. The highest BCUT2D eigenvalue weighted by molar-refractivity contribution is 5.93. The Bertz CT molecular complexity index is 659. The number of pyridine rings is 1. The maximum absolute atomic E-state index is 11.9. The smallest absolute Gasteiger partial charge is 0.338 e. The minimum absolute atomic E-state index is 0.181. The molecule has 0 unspecified atom stereocenters. The van der Waals surface area contributed by atoms with Gasteiger partial charge in [0.2, 0.25) is 5.91 Å². The number of esters is 1. The fraction of sp³-hybridized carbons (Fsp3) is 0.235. The van der Waals surface area contributed by atoms with Crippen molar-refractivity contribution >= 4 is 17.7 Å². The van der Waals surface area contributed by atoms with Gasteiger partial charge in [-0.15, -0.1) is 0 Å². The van der Waals surface area contributed by atoms with Crippen LogP contribution in [0.1, 0.15) is 23.7 Å². The van der Waals surface area contributed by atoms with Crippen molar-refractivity contribution in [2.45, 2.75) is 13.3 Å². The molecule has 0 bridgehead atoms. The van der Waals surface area contributed by atoms with Crippen molar-refractivity contribution in [2.75, 3.05) is 18.5 Å². The molecule has 1 heterocycles. The van der Waals surface area contributed by atoms with E-state index in [1.165, 1.54) is 18.3 Å². The number of ether oxygens (including phenoxy) is 2. The van der Waals surface area contributed by atoms with Crippen LogP contribution in [0, 0.1) is 0 Å². The molecule has 0 saturated heterocycles. The van der Waals surface area contributed by atoms with E-state index < -0.39 is 5.97 Å². The van der Waals surface area contributed by atoms with E-state index in [-0.39, 0.29) is 18.9 Å². The summed E-state index contributed by atoms with van der Waals surface area (Å²) in [5, 5.41) is 2.63. The van der Waals surface area contributed by atoms with Crippen molar-refractivity contribution in [3.63, 3.8) is 0 Å². The molecule has 120 valence electrons. The summed E-state index contributed by atoms with van der Waals surface area (Å²) < 4.78 is 10.4. The molecule has 0 aliphatic carbocycles. The van der Waals surface area contributed by atoms with E-state index in [4.69, 9.17) is 9.47 Å². The van der Waals surface area contributed by atoms with Crippen LogP contribution < -0.4 is 10.1 Å². The first-order chi connectivity index (χ1) is 11.2. The number of carbonyl (C=O) groups excluding carboxylic acids is 2. The molecule has 0 aliphatic heterocycles. The lowest BCUT2D eigenvalue weighted by atomic mass is 10.2. The van der Waals surface area contributed by atoms with Gasteiger partial charge in [-0.1, -0.05) is 18.2 Å². The molecule has 2 rings (SSSR count). The van der Waals surface area contributed by atoms with Crippen LogP contribution in [-0.2, 0) is 9.53 Å². The van der Waals surface area contributed by atoms with Crippen molar-refractivity contribution in [1.29, 1.82) is 0 Å². The number of hydrogen-bond acceptors (Lipinski definition) is 5. The van der Waals surface area contributed by atoms with Crippen molar-refractivity contribution in [2.24, 2.45) is 0 Å². The van der Waals surface area contributed by atoms with E-state index >= 15 is 0 Å². The van der Waals surface area contributed by atoms with E-state index in [0.717, 1.165) is 0 Å². The minimum Gasteiger partial charge on any atom is -0.493 e. The van der Waals surface area contributed by atoms with Gasteiger partial charge in [-0.25, -0.2) is 9.78 Å². The number of amides is 1. The van der Waals surface area contributed by atoms with Crippen LogP contribution in [0.4, 0.5) is 5.82 Å². The number of nitrogens with zero attached hydrogens (tertiary/aromatic N) is 1. The molecular formula is C17H18N2O4. The molecule has 0 aliphatic rings. The van der Waals surface area contributed by atoms with Gasteiger partial charge in [0, 0.05) is 6.20 Å². The van der Waals surface area contributed by atoms with Crippen LogP contribution in [-0.4, -0.2) is 30.1 Å². The average Bonchev–Trinajstić information content (AvgIpc) is 2.56. The predicted octanol–water partition coefficient (Wildman–Crippen LogP) is 2.67. The first-order valence-corrected chi connectivity index (χ1v) is 7.30. The predicted molar refractivity (Wildman–Crippen MR) is 85.4 cm³/mol. The molecule has 1 amide bonds. The Balaban J connectivity index is 1.83.